The van der Waals surface area contributed by atoms with Gasteiger partial charge in [-0.2, -0.15) is 5.10 Å². The van der Waals surface area contributed by atoms with E-state index in [1.165, 1.54) is 102 Å². The zero-order chi connectivity index (χ0) is 90.1. The molecular weight excluding hydrogens is 1440 g/mol. The van der Waals surface area contributed by atoms with Gasteiger partial charge in [0.2, 0.25) is 0 Å². The lowest BCUT2D eigenvalue weighted by Crippen LogP contribution is -2.48. The largest absolute Gasteiger partial charge is 0.492 e. The summed E-state index contributed by atoms with van der Waals surface area (Å²) in [4.78, 5) is 10.2. The van der Waals surface area contributed by atoms with Crippen molar-refractivity contribution >= 4 is 0 Å². The molecule has 0 spiro atoms. The molecule has 688 valence electrons. The number of hydrogen-bond donors (Lipinski definition) is 6. The van der Waals surface area contributed by atoms with Gasteiger partial charge in [0.25, 0.3) is 0 Å². The SMILES string of the molecule is CC(C)(C)CCN1CCN(CCCN)CC1.CC(C)(C)CCN1CCN(CCN)CC1.CC(C)(C)Cc1ccc(OCCNC(C)(C)C)cc1.CC(C)(C)Cc1cccc(COCCCNC(C)(C)C)c1.CC(C)(C)NCCOCCn1ccc(C(C)(C)C)n1.CC(C)C.CC(C)C.CC(C)C.C[C@@H](OCCCOCCN)C(C)(C)C. The standard InChI is InChI=1S/C19H33NO.C17H29NO.C15H29N3O.C13H29N3.C12H27N3.C11H25NO2.3C4H10/c1-18(2,3)14-16-9-7-10-17(13-16)15-21-12-8-11-20-19(4,5)6;1-16(2,3)13-14-7-9-15(10-8-14)19-12-11-18-17(4,5)6;1-14(2,3)13-7-9-18(17-13)10-12-19-11-8-16-15(4,5)6;1-13(2,3)5-8-16-11-9-15(10-12-16)7-4-6-14;1-12(2,3)4-6-14-8-10-15(7-5-13)11-9-14;1-10(11(2,3)4)14-8-5-7-13-9-6-12;3*1-4(2)3/h7,9-10,13,20H,8,11-12,14-15H2,1-6H3;7-10,18H,11-13H2,1-6H3;7,9,16H,8,10-12H2,1-6H3;4-12,14H2,1-3H3;4-11,13H2,1-3H3;10H,5-9,12H2,1-4H3;3*4H,1-3H3/t;;;;;10-;;;/m.....1.../s1. The Morgan fingerprint density at radius 2 is 0.793 bits per heavy atom. The van der Waals surface area contributed by atoms with Crippen LogP contribution in [0, 0.1) is 44.8 Å². The molecule has 2 aliphatic rings. The van der Waals surface area contributed by atoms with Crippen molar-refractivity contribution in [1.29, 1.82) is 0 Å². The van der Waals surface area contributed by atoms with Crippen LogP contribution in [-0.2, 0) is 50.4 Å². The summed E-state index contributed by atoms with van der Waals surface area (Å²) in [5, 5.41) is 14.8. The Morgan fingerprint density at radius 1 is 0.379 bits per heavy atom. The Kier molecular flexibility index (Phi) is 66.4. The van der Waals surface area contributed by atoms with Gasteiger partial charge in [-0.05, 0) is 227 Å². The molecule has 2 fully saturated rings. The number of nitrogens with one attached hydrogen (secondary N) is 3. The molecule has 116 heavy (non-hydrogen) atoms. The highest BCUT2D eigenvalue weighted by atomic mass is 16.5. The van der Waals surface area contributed by atoms with E-state index in [-0.39, 0.29) is 33.6 Å². The number of nitrogens with two attached hydrogens (primary N) is 3. The van der Waals surface area contributed by atoms with Gasteiger partial charge in [-0.3, -0.25) is 9.58 Å². The lowest BCUT2D eigenvalue weighted by atomic mass is 9.88. The van der Waals surface area contributed by atoms with Crippen molar-refractivity contribution in [2.24, 2.45) is 62.0 Å². The van der Waals surface area contributed by atoms with Crippen molar-refractivity contribution in [3.05, 3.63) is 83.2 Å². The van der Waals surface area contributed by atoms with Crippen LogP contribution in [-0.4, -0.2) is 216 Å². The minimum atomic E-state index is 0.114. The predicted octanol–water partition coefficient (Wildman–Crippen LogP) is 20.4. The molecule has 0 amide bonds. The lowest BCUT2D eigenvalue weighted by Gasteiger charge is -2.35. The van der Waals surface area contributed by atoms with E-state index in [2.05, 4.69) is 351 Å². The molecule has 17 nitrogen and oxygen atoms in total. The van der Waals surface area contributed by atoms with Crippen molar-refractivity contribution in [2.45, 2.75) is 342 Å². The van der Waals surface area contributed by atoms with Crippen molar-refractivity contribution < 1.29 is 23.7 Å². The molecule has 5 rings (SSSR count). The van der Waals surface area contributed by atoms with Gasteiger partial charge in [0, 0.05) is 133 Å². The number of ether oxygens (including phenoxy) is 5. The summed E-state index contributed by atoms with van der Waals surface area (Å²) in [6.45, 7) is 108. The van der Waals surface area contributed by atoms with Gasteiger partial charge in [0.05, 0.1) is 44.8 Å². The van der Waals surface area contributed by atoms with Crippen LogP contribution in [0.4, 0.5) is 0 Å². The monoisotopic (exact) mass is 1640 g/mol. The predicted molar refractivity (Wildman–Crippen MR) is 512 cm³/mol. The zero-order valence-electron chi connectivity index (χ0n) is 84.1. The van der Waals surface area contributed by atoms with Crippen LogP contribution in [0.25, 0.3) is 0 Å². The smallest absolute Gasteiger partial charge is 0.119 e. The molecular formula is C99H202N12O5. The highest BCUT2D eigenvalue weighted by molar-refractivity contribution is 5.28. The summed E-state index contributed by atoms with van der Waals surface area (Å²) in [7, 11) is 0. The summed E-state index contributed by atoms with van der Waals surface area (Å²) >= 11 is 0. The molecule has 0 aliphatic carbocycles. The van der Waals surface area contributed by atoms with Gasteiger partial charge >= 0.3 is 0 Å². The molecule has 3 heterocycles. The molecule has 2 aromatic carbocycles. The number of piperazine rings is 2. The van der Waals surface area contributed by atoms with Crippen LogP contribution in [0.2, 0.25) is 0 Å². The quantitative estimate of drug-likeness (QED) is 0.0309. The Labute approximate surface area is 722 Å². The van der Waals surface area contributed by atoms with E-state index in [9.17, 15) is 0 Å². The average Bonchev–Trinajstić information content (AvgIpc) is 1.70. The van der Waals surface area contributed by atoms with E-state index >= 15 is 0 Å². The van der Waals surface area contributed by atoms with Crippen LogP contribution >= 0.6 is 0 Å². The third-order valence-electron chi connectivity index (χ3n) is 17.3. The first-order chi connectivity index (χ1) is 53.2. The van der Waals surface area contributed by atoms with E-state index < -0.39 is 0 Å². The highest BCUT2D eigenvalue weighted by Gasteiger charge is 2.23. The second kappa shape index (κ2) is 64.6. The summed E-state index contributed by atoms with van der Waals surface area (Å²) in [6.07, 6.45) is 10.3. The zero-order valence-corrected chi connectivity index (χ0v) is 84.1. The van der Waals surface area contributed by atoms with Gasteiger partial charge in [-0.25, -0.2) is 0 Å². The minimum absolute atomic E-state index is 0.114. The molecule has 2 saturated heterocycles. The van der Waals surface area contributed by atoms with E-state index in [1.54, 1.807) is 0 Å². The summed E-state index contributed by atoms with van der Waals surface area (Å²) in [5.41, 5.74) is 24.0. The molecule has 17 heteroatoms. The molecule has 0 bridgehead atoms. The van der Waals surface area contributed by atoms with E-state index in [0.717, 1.165) is 134 Å². The minimum Gasteiger partial charge on any atom is -0.492 e. The maximum Gasteiger partial charge on any atom is 0.119 e. The Balaban J connectivity index is -0.000000632. The number of aromatic nitrogens is 2. The van der Waals surface area contributed by atoms with Gasteiger partial charge in [-0.1, -0.05) is 223 Å². The van der Waals surface area contributed by atoms with Gasteiger partial charge in [0.1, 0.15) is 12.4 Å². The maximum atomic E-state index is 5.78. The van der Waals surface area contributed by atoms with Crippen molar-refractivity contribution in [2.75, 3.05) is 164 Å². The van der Waals surface area contributed by atoms with E-state index in [0.29, 0.717) is 54.6 Å². The Morgan fingerprint density at radius 3 is 1.20 bits per heavy atom. The second-order valence-electron chi connectivity index (χ2n) is 44.3. The molecule has 0 radical (unpaired) electrons. The van der Waals surface area contributed by atoms with Crippen molar-refractivity contribution in [3.8, 4) is 5.75 Å². The van der Waals surface area contributed by atoms with Crippen LogP contribution in [0.3, 0.4) is 0 Å². The molecule has 0 saturated carbocycles. The van der Waals surface area contributed by atoms with Crippen LogP contribution in [0.15, 0.2) is 60.8 Å². The van der Waals surface area contributed by atoms with Crippen LogP contribution in [0.1, 0.15) is 311 Å². The molecule has 1 atom stereocenters. The van der Waals surface area contributed by atoms with Gasteiger partial charge < -0.3 is 71.5 Å². The van der Waals surface area contributed by atoms with Crippen molar-refractivity contribution in [3.63, 3.8) is 0 Å². The Bertz CT molecular complexity index is 2630. The molecule has 0 unspecified atom stereocenters. The second-order valence-corrected chi connectivity index (χ2v) is 44.3. The fourth-order valence-corrected chi connectivity index (χ4v) is 10.6. The highest BCUT2D eigenvalue weighted by Crippen LogP contribution is 2.26. The average molecular weight is 1640 g/mol. The third-order valence-corrected chi connectivity index (χ3v) is 17.3. The number of rotatable bonds is 34. The first-order valence-corrected chi connectivity index (χ1v) is 45.6. The molecule has 3 aromatic rings. The molecule has 2 aliphatic heterocycles. The molecule has 1 aromatic heterocycles. The normalized spacial score (nSPS) is 14.6. The lowest BCUT2D eigenvalue weighted by molar-refractivity contribution is -0.0141. The van der Waals surface area contributed by atoms with Crippen LogP contribution in [0.5, 0.6) is 5.75 Å². The van der Waals surface area contributed by atoms with Crippen LogP contribution < -0.4 is 37.9 Å². The Hall–Kier alpha value is -3.11. The van der Waals surface area contributed by atoms with Gasteiger partial charge in [-0.15, -0.1) is 0 Å². The fraction of sp³-hybridized carbons (Fsp3) is 0.848. The maximum absolute atomic E-state index is 5.78. The first-order valence-electron chi connectivity index (χ1n) is 45.6. The number of nitrogens with zero attached hydrogens (tertiary/aromatic N) is 6. The fourth-order valence-electron chi connectivity index (χ4n) is 10.6. The summed E-state index contributed by atoms with van der Waals surface area (Å²) in [6, 6.07) is 19.3. The molecule has 9 N–H and O–H groups in total. The summed E-state index contributed by atoms with van der Waals surface area (Å²) < 4.78 is 30.0. The van der Waals surface area contributed by atoms with Gasteiger partial charge in [0.15, 0.2) is 0 Å². The summed E-state index contributed by atoms with van der Waals surface area (Å²) in [5.74, 6) is 3.45. The van der Waals surface area contributed by atoms with E-state index in [1.807, 2.05) is 10.9 Å². The van der Waals surface area contributed by atoms with Crippen molar-refractivity contribution in [1.82, 2.24) is 45.3 Å². The third kappa shape index (κ3) is 88.7. The number of hydrogen-bond acceptors (Lipinski definition) is 16. The van der Waals surface area contributed by atoms with E-state index in [4.69, 9.17) is 40.9 Å². The number of benzene rings is 2. The first kappa shape index (κ1) is 119. The topological polar surface area (TPSA) is 191 Å².